The summed E-state index contributed by atoms with van der Waals surface area (Å²) in [4.78, 5) is 0. The lowest BCUT2D eigenvalue weighted by Crippen LogP contribution is -2.38. The second kappa shape index (κ2) is 3.76. The van der Waals surface area contributed by atoms with Crippen LogP contribution in [-0.4, -0.2) is 12.1 Å². The van der Waals surface area contributed by atoms with Crippen LogP contribution in [-0.2, 0) is 0 Å². The van der Waals surface area contributed by atoms with Crippen molar-refractivity contribution < 1.29 is 0 Å². The van der Waals surface area contributed by atoms with Gasteiger partial charge in [0.2, 0.25) is 0 Å². The summed E-state index contributed by atoms with van der Waals surface area (Å²) < 4.78 is 0. The third-order valence-corrected chi connectivity index (χ3v) is 2.34. The van der Waals surface area contributed by atoms with Crippen molar-refractivity contribution in [3.63, 3.8) is 0 Å². The summed E-state index contributed by atoms with van der Waals surface area (Å²) in [5.41, 5.74) is 7.16. The summed E-state index contributed by atoms with van der Waals surface area (Å²) in [5.74, 6) is 0. The van der Waals surface area contributed by atoms with E-state index in [-0.39, 0.29) is 5.54 Å². The van der Waals surface area contributed by atoms with Crippen LogP contribution in [0.25, 0.3) is 0 Å². The first-order valence-corrected chi connectivity index (χ1v) is 4.62. The van der Waals surface area contributed by atoms with E-state index in [1.165, 1.54) is 5.70 Å². The molecule has 1 aliphatic rings. The van der Waals surface area contributed by atoms with Crippen LogP contribution >= 0.6 is 0 Å². The largest absolute Gasteiger partial charge is 0.386 e. The maximum atomic E-state index is 6.06. The molecule has 0 heterocycles. The zero-order valence-corrected chi connectivity index (χ0v) is 7.93. The summed E-state index contributed by atoms with van der Waals surface area (Å²) in [6.45, 7) is 5.19. The summed E-state index contributed by atoms with van der Waals surface area (Å²) in [6.07, 6.45) is 8.30. The highest BCUT2D eigenvalue weighted by Crippen LogP contribution is 2.20. The molecule has 1 aliphatic carbocycles. The lowest BCUT2D eigenvalue weighted by Gasteiger charge is -2.26. The second-order valence-electron chi connectivity index (χ2n) is 3.31. The van der Waals surface area contributed by atoms with Gasteiger partial charge in [-0.2, -0.15) is 0 Å². The van der Waals surface area contributed by atoms with Crippen LogP contribution in [0.15, 0.2) is 23.9 Å². The molecule has 3 N–H and O–H groups in total. The number of nitrogens with two attached hydrogens (primary N) is 1. The van der Waals surface area contributed by atoms with E-state index in [0.717, 1.165) is 19.4 Å². The molecule has 0 aromatic heterocycles. The number of likely N-dealkylation sites (N-methyl/N-ethyl adjacent to an activating group) is 1. The molecule has 1 atom stereocenters. The third kappa shape index (κ3) is 2.11. The van der Waals surface area contributed by atoms with E-state index in [1.807, 2.05) is 0 Å². The topological polar surface area (TPSA) is 38.0 Å². The summed E-state index contributed by atoms with van der Waals surface area (Å²) in [5, 5.41) is 3.27. The molecule has 1 rings (SSSR count). The standard InChI is InChI=1S/C10H18N2/c1-3-10(11)7-5-9(6-8-10)12-4-2/h5-7,12H,3-4,8,11H2,1-2H3. The number of hydrogen-bond acceptors (Lipinski definition) is 2. The zero-order chi connectivity index (χ0) is 9.03. The van der Waals surface area contributed by atoms with Crippen LogP contribution in [0.3, 0.4) is 0 Å². The monoisotopic (exact) mass is 166 g/mol. The Labute approximate surface area is 74.5 Å². The predicted octanol–water partition coefficient (Wildman–Crippen LogP) is 1.55. The molecule has 2 nitrogen and oxygen atoms in total. The number of nitrogens with one attached hydrogen (secondary N) is 1. The molecule has 68 valence electrons. The number of hydrogen-bond donors (Lipinski definition) is 2. The fourth-order valence-corrected chi connectivity index (χ4v) is 1.29. The van der Waals surface area contributed by atoms with Crippen LogP contribution in [0.1, 0.15) is 26.7 Å². The van der Waals surface area contributed by atoms with Crippen LogP contribution in [0.2, 0.25) is 0 Å². The molecular weight excluding hydrogens is 148 g/mol. The molecular formula is C10H18N2. The van der Waals surface area contributed by atoms with Gasteiger partial charge in [0.05, 0.1) is 0 Å². The van der Waals surface area contributed by atoms with Crippen molar-refractivity contribution in [1.29, 1.82) is 0 Å². The minimum Gasteiger partial charge on any atom is -0.386 e. The Morgan fingerprint density at radius 3 is 2.75 bits per heavy atom. The molecule has 0 amide bonds. The Hall–Kier alpha value is -0.760. The van der Waals surface area contributed by atoms with Crippen molar-refractivity contribution in [1.82, 2.24) is 5.32 Å². The van der Waals surface area contributed by atoms with Crippen molar-refractivity contribution >= 4 is 0 Å². The highest BCUT2D eigenvalue weighted by atomic mass is 14.9. The fourth-order valence-electron chi connectivity index (χ4n) is 1.29. The predicted molar refractivity (Wildman–Crippen MR) is 52.7 cm³/mol. The van der Waals surface area contributed by atoms with Crippen LogP contribution in [0, 0.1) is 0 Å². The molecule has 2 heteroatoms. The van der Waals surface area contributed by atoms with Gasteiger partial charge in [-0.15, -0.1) is 0 Å². The zero-order valence-electron chi connectivity index (χ0n) is 7.93. The van der Waals surface area contributed by atoms with E-state index in [1.54, 1.807) is 0 Å². The molecule has 0 aromatic rings. The molecule has 12 heavy (non-hydrogen) atoms. The van der Waals surface area contributed by atoms with Gasteiger partial charge in [0, 0.05) is 17.8 Å². The normalized spacial score (nSPS) is 28.4. The summed E-state index contributed by atoms with van der Waals surface area (Å²) in [7, 11) is 0. The summed E-state index contributed by atoms with van der Waals surface area (Å²) in [6, 6.07) is 0. The van der Waals surface area contributed by atoms with Gasteiger partial charge in [-0.1, -0.05) is 19.1 Å². The Balaban J connectivity index is 2.55. The minimum absolute atomic E-state index is 0.0983. The first-order chi connectivity index (χ1) is 5.70. The van der Waals surface area contributed by atoms with E-state index >= 15 is 0 Å². The van der Waals surface area contributed by atoms with Gasteiger partial charge in [0.25, 0.3) is 0 Å². The van der Waals surface area contributed by atoms with Gasteiger partial charge in [-0.05, 0) is 25.8 Å². The SMILES string of the molecule is CCNC1=CCC(N)(CC)C=C1. The maximum absolute atomic E-state index is 6.06. The Kier molecular flexibility index (Phi) is 2.93. The van der Waals surface area contributed by atoms with Crippen LogP contribution in [0.5, 0.6) is 0 Å². The molecule has 0 saturated heterocycles. The van der Waals surface area contributed by atoms with Gasteiger partial charge in [0.15, 0.2) is 0 Å². The number of allylic oxidation sites excluding steroid dienone is 1. The lowest BCUT2D eigenvalue weighted by molar-refractivity contribution is 0.508. The van der Waals surface area contributed by atoms with Crippen molar-refractivity contribution in [2.45, 2.75) is 32.2 Å². The van der Waals surface area contributed by atoms with E-state index in [0.29, 0.717) is 0 Å². The Bertz CT molecular complexity index is 206. The molecule has 0 aliphatic heterocycles. The molecule has 0 aromatic carbocycles. The lowest BCUT2D eigenvalue weighted by atomic mass is 9.89. The first kappa shape index (κ1) is 9.33. The Morgan fingerprint density at radius 1 is 1.58 bits per heavy atom. The smallest absolute Gasteiger partial charge is 0.0376 e. The van der Waals surface area contributed by atoms with Gasteiger partial charge < -0.3 is 11.1 Å². The average Bonchev–Trinajstić information content (AvgIpc) is 2.10. The van der Waals surface area contributed by atoms with E-state index in [2.05, 4.69) is 37.4 Å². The fraction of sp³-hybridized carbons (Fsp3) is 0.600. The molecule has 0 bridgehead atoms. The van der Waals surface area contributed by atoms with Gasteiger partial charge >= 0.3 is 0 Å². The minimum atomic E-state index is -0.0983. The third-order valence-electron chi connectivity index (χ3n) is 2.34. The maximum Gasteiger partial charge on any atom is 0.0376 e. The average molecular weight is 166 g/mol. The molecule has 0 spiro atoms. The molecule has 0 fully saturated rings. The van der Waals surface area contributed by atoms with E-state index in [4.69, 9.17) is 5.73 Å². The van der Waals surface area contributed by atoms with E-state index in [9.17, 15) is 0 Å². The molecule has 0 saturated carbocycles. The van der Waals surface area contributed by atoms with Gasteiger partial charge in [-0.3, -0.25) is 0 Å². The quantitative estimate of drug-likeness (QED) is 0.667. The number of rotatable bonds is 3. The highest BCUT2D eigenvalue weighted by Gasteiger charge is 2.19. The van der Waals surface area contributed by atoms with Crippen molar-refractivity contribution in [3.8, 4) is 0 Å². The van der Waals surface area contributed by atoms with E-state index < -0.39 is 0 Å². The molecule has 0 radical (unpaired) electrons. The van der Waals surface area contributed by atoms with Crippen LogP contribution < -0.4 is 11.1 Å². The van der Waals surface area contributed by atoms with Crippen LogP contribution in [0.4, 0.5) is 0 Å². The highest BCUT2D eigenvalue weighted by molar-refractivity contribution is 5.27. The van der Waals surface area contributed by atoms with Crippen molar-refractivity contribution in [3.05, 3.63) is 23.9 Å². The Morgan fingerprint density at radius 2 is 2.33 bits per heavy atom. The van der Waals surface area contributed by atoms with Gasteiger partial charge in [-0.25, -0.2) is 0 Å². The second-order valence-corrected chi connectivity index (χ2v) is 3.31. The van der Waals surface area contributed by atoms with Crippen molar-refractivity contribution in [2.75, 3.05) is 6.54 Å². The molecule has 1 unspecified atom stereocenters. The van der Waals surface area contributed by atoms with Gasteiger partial charge in [0.1, 0.15) is 0 Å². The first-order valence-electron chi connectivity index (χ1n) is 4.62. The van der Waals surface area contributed by atoms with Crippen molar-refractivity contribution in [2.24, 2.45) is 5.73 Å². The summed E-state index contributed by atoms with van der Waals surface area (Å²) >= 11 is 0.